The van der Waals surface area contributed by atoms with Gasteiger partial charge in [-0.25, -0.2) is 0 Å². The molecule has 88 valence electrons. The number of hydrogen-bond donors (Lipinski definition) is 1. The molecule has 1 fully saturated rings. The van der Waals surface area contributed by atoms with Crippen molar-refractivity contribution >= 4 is 15.9 Å². The highest BCUT2D eigenvalue weighted by Crippen LogP contribution is 2.13. The van der Waals surface area contributed by atoms with E-state index in [1.165, 1.54) is 18.4 Å². The molecule has 1 N–H and O–H groups in total. The van der Waals surface area contributed by atoms with E-state index < -0.39 is 0 Å². The summed E-state index contributed by atoms with van der Waals surface area (Å²) in [5.74, 6) is 0. The maximum Gasteiger partial charge on any atom is 0.0700 e. The molecule has 3 heteroatoms. The summed E-state index contributed by atoms with van der Waals surface area (Å²) in [6.07, 6.45) is 3.85. The molecule has 2 nitrogen and oxygen atoms in total. The van der Waals surface area contributed by atoms with Crippen LogP contribution in [-0.4, -0.2) is 25.8 Å². The molecule has 0 spiro atoms. The van der Waals surface area contributed by atoms with E-state index in [1.54, 1.807) is 0 Å². The first-order valence-corrected chi connectivity index (χ1v) is 6.70. The van der Waals surface area contributed by atoms with E-state index in [0.717, 1.165) is 30.6 Å². The first kappa shape index (κ1) is 12.1. The minimum atomic E-state index is 0.418. The fraction of sp³-hybridized carbons (Fsp3) is 0.538. The Morgan fingerprint density at radius 2 is 2.38 bits per heavy atom. The normalized spacial score (nSPS) is 20.9. The first-order valence-electron chi connectivity index (χ1n) is 5.91. The maximum atomic E-state index is 5.85. The van der Waals surface area contributed by atoms with E-state index in [2.05, 4.69) is 45.5 Å². The molecule has 1 aliphatic rings. The van der Waals surface area contributed by atoms with Crippen LogP contribution in [-0.2, 0) is 11.2 Å². The van der Waals surface area contributed by atoms with Crippen molar-refractivity contribution in [1.82, 2.24) is 5.32 Å². The van der Waals surface area contributed by atoms with Gasteiger partial charge in [-0.2, -0.15) is 0 Å². The van der Waals surface area contributed by atoms with Gasteiger partial charge in [0.15, 0.2) is 0 Å². The van der Waals surface area contributed by atoms with Gasteiger partial charge in [0.25, 0.3) is 0 Å². The Morgan fingerprint density at radius 1 is 1.44 bits per heavy atom. The fourth-order valence-electron chi connectivity index (χ4n) is 2.00. The maximum absolute atomic E-state index is 5.85. The topological polar surface area (TPSA) is 21.3 Å². The number of benzene rings is 1. The highest BCUT2D eigenvalue weighted by molar-refractivity contribution is 9.10. The minimum Gasteiger partial charge on any atom is -0.377 e. The standard InChI is InChI=1S/C13H18BrNO/c14-12-4-1-3-11(9-12)6-8-16-13-5-2-7-15-10-13/h1,3-4,9,13,15H,2,5-8,10H2. The van der Waals surface area contributed by atoms with E-state index in [9.17, 15) is 0 Å². The van der Waals surface area contributed by atoms with Gasteiger partial charge in [-0.15, -0.1) is 0 Å². The summed E-state index contributed by atoms with van der Waals surface area (Å²) >= 11 is 3.48. The molecule has 0 aromatic heterocycles. The predicted molar refractivity (Wildman–Crippen MR) is 69.7 cm³/mol. The highest BCUT2D eigenvalue weighted by atomic mass is 79.9. The van der Waals surface area contributed by atoms with Crippen LogP contribution >= 0.6 is 15.9 Å². The third-order valence-corrected chi connectivity index (χ3v) is 3.38. The van der Waals surface area contributed by atoms with Crippen LogP contribution < -0.4 is 5.32 Å². The van der Waals surface area contributed by atoms with Gasteiger partial charge in [0.05, 0.1) is 12.7 Å². The zero-order valence-corrected chi connectivity index (χ0v) is 11.0. The Hall–Kier alpha value is -0.380. The van der Waals surface area contributed by atoms with Crippen LogP contribution in [0.5, 0.6) is 0 Å². The van der Waals surface area contributed by atoms with E-state index in [0.29, 0.717) is 6.10 Å². The average Bonchev–Trinajstić information content (AvgIpc) is 2.30. The number of rotatable bonds is 4. The minimum absolute atomic E-state index is 0.418. The van der Waals surface area contributed by atoms with Crippen molar-refractivity contribution < 1.29 is 4.74 Å². The van der Waals surface area contributed by atoms with Crippen molar-refractivity contribution in [3.8, 4) is 0 Å². The van der Waals surface area contributed by atoms with Crippen molar-refractivity contribution in [1.29, 1.82) is 0 Å². The zero-order chi connectivity index (χ0) is 11.2. The third-order valence-electron chi connectivity index (χ3n) is 2.88. The van der Waals surface area contributed by atoms with Crippen LogP contribution in [0.3, 0.4) is 0 Å². The second-order valence-corrected chi connectivity index (χ2v) is 5.13. The van der Waals surface area contributed by atoms with Gasteiger partial charge in [0.2, 0.25) is 0 Å². The summed E-state index contributed by atoms with van der Waals surface area (Å²) < 4.78 is 6.99. The van der Waals surface area contributed by atoms with Crippen molar-refractivity contribution in [2.75, 3.05) is 19.7 Å². The van der Waals surface area contributed by atoms with Crippen molar-refractivity contribution in [2.24, 2.45) is 0 Å². The summed E-state index contributed by atoms with van der Waals surface area (Å²) in [5, 5.41) is 3.36. The van der Waals surface area contributed by atoms with Gasteiger partial charge in [-0.3, -0.25) is 0 Å². The Morgan fingerprint density at radius 3 is 3.12 bits per heavy atom. The number of halogens is 1. The molecule has 1 saturated heterocycles. The first-order chi connectivity index (χ1) is 7.84. The van der Waals surface area contributed by atoms with Crippen LogP contribution in [0.1, 0.15) is 18.4 Å². The second-order valence-electron chi connectivity index (χ2n) is 4.22. The second kappa shape index (κ2) is 6.38. The van der Waals surface area contributed by atoms with Gasteiger partial charge < -0.3 is 10.1 Å². The Kier molecular flexibility index (Phi) is 4.82. The summed E-state index contributed by atoms with van der Waals surface area (Å²) in [5.41, 5.74) is 1.33. The SMILES string of the molecule is Brc1cccc(CCOC2CCCNC2)c1. The third kappa shape index (κ3) is 3.89. The van der Waals surface area contributed by atoms with Crippen molar-refractivity contribution in [2.45, 2.75) is 25.4 Å². The Labute approximate surface area is 106 Å². The summed E-state index contributed by atoms with van der Waals surface area (Å²) in [7, 11) is 0. The molecule has 1 aromatic carbocycles. The predicted octanol–water partition coefficient (Wildman–Crippen LogP) is 2.76. The summed E-state index contributed by atoms with van der Waals surface area (Å²) in [6.45, 7) is 2.98. The van der Waals surface area contributed by atoms with Crippen LogP contribution in [0.15, 0.2) is 28.7 Å². The molecule has 1 aliphatic heterocycles. The molecular weight excluding hydrogens is 266 g/mol. The van der Waals surface area contributed by atoms with Crippen LogP contribution in [0.25, 0.3) is 0 Å². The lowest BCUT2D eigenvalue weighted by molar-refractivity contribution is 0.0390. The van der Waals surface area contributed by atoms with E-state index in [4.69, 9.17) is 4.74 Å². The molecule has 1 heterocycles. The lowest BCUT2D eigenvalue weighted by atomic mass is 10.1. The molecule has 16 heavy (non-hydrogen) atoms. The van der Waals surface area contributed by atoms with E-state index in [1.807, 2.05) is 0 Å². The number of nitrogens with one attached hydrogen (secondary N) is 1. The molecule has 1 aromatic rings. The van der Waals surface area contributed by atoms with Crippen molar-refractivity contribution in [3.05, 3.63) is 34.3 Å². The fourth-order valence-corrected chi connectivity index (χ4v) is 2.44. The van der Waals surface area contributed by atoms with Crippen LogP contribution in [0.2, 0.25) is 0 Å². The number of ether oxygens (including phenoxy) is 1. The van der Waals surface area contributed by atoms with Crippen LogP contribution in [0.4, 0.5) is 0 Å². The number of piperidine rings is 1. The molecule has 1 atom stereocenters. The van der Waals surface area contributed by atoms with Crippen molar-refractivity contribution in [3.63, 3.8) is 0 Å². The molecule has 2 rings (SSSR count). The van der Waals surface area contributed by atoms with Gasteiger partial charge in [-0.05, 0) is 43.5 Å². The average molecular weight is 284 g/mol. The van der Waals surface area contributed by atoms with Gasteiger partial charge >= 0.3 is 0 Å². The van der Waals surface area contributed by atoms with E-state index >= 15 is 0 Å². The highest BCUT2D eigenvalue weighted by Gasteiger charge is 2.12. The van der Waals surface area contributed by atoms with Gasteiger partial charge in [0, 0.05) is 11.0 Å². The lowest BCUT2D eigenvalue weighted by Crippen LogP contribution is -2.35. The molecule has 0 amide bonds. The largest absolute Gasteiger partial charge is 0.377 e. The zero-order valence-electron chi connectivity index (χ0n) is 9.42. The van der Waals surface area contributed by atoms with Gasteiger partial charge in [0.1, 0.15) is 0 Å². The molecule has 1 unspecified atom stereocenters. The lowest BCUT2D eigenvalue weighted by Gasteiger charge is -2.23. The molecule has 0 aliphatic carbocycles. The van der Waals surface area contributed by atoms with E-state index in [-0.39, 0.29) is 0 Å². The quantitative estimate of drug-likeness (QED) is 0.918. The summed E-state index contributed by atoms with van der Waals surface area (Å²) in [4.78, 5) is 0. The molecule has 0 bridgehead atoms. The summed E-state index contributed by atoms with van der Waals surface area (Å²) in [6, 6.07) is 8.42. The molecule has 0 saturated carbocycles. The number of hydrogen-bond acceptors (Lipinski definition) is 2. The smallest absolute Gasteiger partial charge is 0.0700 e. The van der Waals surface area contributed by atoms with Gasteiger partial charge in [-0.1, -0.05) is 28.1 Å². The monoisotopic (exact) mass is 283 g/mol. The Bertz CT molecular complexity index is 323. The molecular formula is C13H18BrNO. The van der Waals surface area contributed by atoms with Crippen LogP contribution in [0, 0.1) is 0 Å². The Balaban J connectivity index is 1.71. The molecule has 0 radical (unpaired) electrons.